The summed E-state index contributed by atoms with van der Waals surface area (Å²) in [5, 5.41) is 0. The molecular formula is C19H34OS2. The molecule has 0 aliphatic heterocycles. The first kappa shape index (κ1) is 18.6. The van der Waals surface area contributed by atoms with Crippen LogP contribution in [0.4, 0.5) is 0 Å². The summed E-state index contributed by atoms with van der Waals surface area (Å²) in [6.07, 6.45) is 17.6. The van der Waals surface area contributed by atoms with Crippen LogP contribution in [0.1, 0.15) is 84.0 Å². The van der Waals surface area contributed by atoms with E-state index in [-0.39, 0.29) is 0 Å². The molecule has 2 aliphatic rings. The van der Waals surface area contributed by atoms with Crippen LogP contribution in [-0.4, -0.2) is 11.3 Å². The Morgan fingerprint density at radius 1 is 0.909 bits per heavy atom. The number of rotatable bonds is 9. The van der Waals surface area contributed by atoms with Crippen molar-refractivity contribution in [2.75, 3.05) is 5.75 Å². The maximum absolute atomic E-state index is 5.14. The van der Waals surface area contributed by atoms with Crippen LogP contribution in [0.5, 0.6) is 0 Å². The summed E-state index contributed by atoms with van der Waals surface area (Å²) in [4.78, 5) is 0. The van der Waals surface area contributed by atoms with Crippen LogP contribution in [0.15, 0.2) is 0 Å². The summed E-state index contributed by atoms with van der Waals surface area (Å²) >= 11 is 6.24. The predicted octanol–water partition coefficient (Wildman–Crippen LogP) is 6.80. The van der Waals surface area contributed by atoms with Crippen molar-refractivity contribution in [1.29, 1.82) is 0 Å². The Bertz CT molecular complexity index is 292. The van der Waals surface area contributed by atoms with Crippen LogP contribution in [0, 0.1) is 23.7 Å². The van der Waals surface area contributed by atoms with Gasteiger partial charge >= 0.3 is 0 Å². The Balaban J connectivity index is 1.59. The van der Waals surface area contributed by atoms with E-state index in [4.69, 9.17) is 16.4 Å². The van der Waals surface area contributed by atoms with Gasteiger partial charge in [-0.1, -0.05) is 45.4 Å². The van der Waals surface area contributed by atoms with Gasteiger partial charge in [-0.2, -0.15) is 0 Å². The van der Waals surface area contributed by atoms with E-state index in [2.05, 4.69) is 6.92 Å². The summed E-state index contributed by atoms with van der Waals surface area (Å²) in [5.41, 5.74) is 1.38. The molecule has 2 fully saturated rings. The van der Waals surface area contributed by atoms with E-state index in [1.165, 1.54) is 82.6 Å². The van der Waals surface area contributed by atoms with Crippen molar-refractivity contribution in [1.82, 2.24) is 0 Å². The molecular weight excluding hydrogens is 308 g/mol. The minimum absolute atomic E-state index is 0.863. The van der Waals surface area contributed by atoms with Crippen LogP contribution in [0.25, 0.3) is 0 Å². The molecule has 2 rings (SSSR count). The fraction of sp³-hybridized carbons (Fsp3) is 0.947. The average Bonchev–Trinajstić information content (AvgIpc) is 2.57. The number of hydrogen-bond acceptors (Lipinski definition) is 3. The Labute approximate surface area is 147 Å². The second-order valence-corrected chi connectivity index (χ2v) is 8.49. The van der Waals surface area contributed by atoms with Crippen molar-refractivity contribution < 1.29 is 4.18 Å². The van der Waals surface area contributed by atoms with Crippen molar-refractivity contribution in [3.8, 4) is 0 Å². The highest BCUT2D eigenvalue weighted by Gasteiger charge is 2.30. The van der Waals surface area contributed by atoms with Gasteiger partial charge in [0.05, 0.1) is 12.0 Å². The quantitative estimate of drug-likeness (QED) is 0.259. The minimum atomic E-state index is 0.863. The molecule has 1 nitrogen and oxygen atoms in total. The summed E-state index contributed by atoms with van der Waals surface area (Å²) in [6.45, 7) is 2.31. The van der Waals surface area contributed by atoms with Gasteiger partial charge in [0.1, 0.15) is 0 Å². The van der Waals surface area contributed by atoms with Gasteiger partial charge < -0.3 is 4.18 Å². The molecule has 0 radical (unpaired) electrons. The van der Waals surface area contributed by atoms with Crippen molar-refractivity contribution in [2.24, 2.45) is 23.7 Å². The smallest absolute Gasteiger partial charge is 0.164 e. The third kappa shape index (κ3) is 6.39. The lowest BCUT2D eigenvalue weighted by Gasteiger charge is -2.37. The van der Waals surface area contributed by atoms with Crippen LogP contribution < -0.4 is 0 Å². The molecule has 0 atom stereocenters. The lowest BCUT2D eigenvalue weighted by atomic mass is 9.69. The first-order valence-electron chi connectivity index (χ1n) is 9.55. The van der Waals surface area contributed by atoms with Gasteiger partial charge in [-0.25, -0.2) is 0 Å². The second kappa shape index (κ2) is 10.9. The zero-order valence-corrected chi connectivity index (χ0v) is 15.9. The highest BCUT2D eigenvalue weighted by Crippen LogP contribution is 2.42. The molecule has 0 bridgehead atoms. The molecule has 0 spiro atoms. The van der Waals surface area contributed by atoms with Crippen LogP contribution in [0.3, 0.4) is 0 Å². The van der Waals surface area contributed by atoms with E-state index >= 15 is 0 Å². The molecule has 0 saturated heterocycles. The van der Waals surface area contributed by atoms with Gasteiger partial charge in [-0.05, 0) is 74.4 Å². The summed E-state index contributed by atoms with van der Waals surface area (Å²) < 4.78 is 5.14. The highest BCUT2D eigenvalue weighted by molar-refractivity contribution is 7.95. The molecule has 2 saturated carbocycles. The molecule has 3 heteroatoms. The van der Waals surface area contributed by atoms with E-state index in [1.807, 2.05) is 0 Å². The van der Waals surface area contributed by atoms with Crippen molar-refractivity contribution in [2.45, 2.75) is 84.0 Å². The third-order valence-corrected chi connectivity index (χ3v) is 7.13. The number of unbranched alkanes of at least 4 members (excludes halogenated alkanes) is 2. The Morgan fingerprint density at radius 2 is 1.50 bits per heavy atom. The molecule has 2 aliphatic carbocycles. The van der Waals surface area contributed by atoms with E-state index in [0.29, 0.717) is 0 Å². The van der Waals surface area contributed by atoms with Crippen LogP contribution in [0.2, 0.25) is 0 Å². The first-order chi connectivity index (χ1) is 10.8. The number of thiocarbonyl (C=S) groups is 1. The topological polar surface area (TPSA) is 9.23 Å². The zero-order valence-electron chi connectivity index (χ0n) is 14.3. The van der Waals surface area contributed by atoms with Crippen molar-refractivity contribution in [3.05, 3.63) is 0 Å². The first-order valence-corrected chi connectivity index (χ1v) is 10.9. The molecule has 128 valence electrons. The van der Waals surface area contributed by atoms with Gasteiger partial charge in [0.25, 0.3) is 0 Å². The van der Waals surface area contributed by atoms with Crippen LogP contribution >= 0.6 is 24.3 Å². The van der Waals surface area contributed by atoms with E-state index < -0.39 is 0 Å². The Hall–Kier alpha value is 0.240. The van der Waals surface area contributed by atoms with E-state index in [1.54, 1.807) is 12.0 Å². The molecule has 0 heterocycles. The molecule has 22 heavy (non-hydrogen) atoms. The summed E-state index contributed by atoms with van der Waals surface area (Å²) in [7, 11) is 0. The largest absolute Gasteiger partial charge is 0.422 e. The Kier molecular flexibility index (Phi) is 9.21. The number of hydrogen-bond donors (Lipinski definition) is 0. The molecule has 0 unspecified atom stereocenters. The zero-order chi connectivity index (χ0) is 15.6. The summed E-state index contributed by atoms with van der Waals surface area (Å²) in [5.74, 6) is 5.13. The predicted molar refractivity (Wildman–Crippen MR) is 102 cm³/mol. The van der Waals surface area contributed by atoms with E-state index in [0.717, 1.165) is 29.4 Å². The molecule has 0 aromatic carbocycles. The normalized spacial score (nSPS) is 32.6. The summed E-state index contributed by atoms with van der Waals surface area (Å²) in [6, 6.07) is 0. The highest BCUT2D eigenvalue weighted by atomic mass is 32.2. The van der Waals surface area contributed by atoms with Crippen molar-refractivity contribution >= 4 is 29.8 Å². The fourth-order valence-electron chi connectivity index (χ4n) is 4.62. The fourth-order valence-corrected chi connectivity index (χ4v) is 5.45. The molecule has 0 N–H and O–H groups in total. The molecule has 0 amide bonds. The average molecular weight is 343 g/mol. The second-order valence-electron chi connectivity index (χ2n) is 7.53. The Morgan fingerprint density at radius 3 is 2.05 bits per heavy atom. The lowest BCUT2D eigenvalue weighted by molar-refractivity contribution is 0.147. The van der Waals surface area contributed by atoms with Crippen molar-refractivity contribution in [3.63, 3.8) is 0 Å². The maximum atomic E-state index is 5.14. The maximum Gasteiger partial charge on any atom is 0.164 e. The van der Waals surface area contributed by atoms with E-state index in [9.17, 15) is 0 Å². The van der Waals surface area contributed by atoms with Gasteiger partial charge in [0, 0.05) is 5.75 Å². The van der Waals surface area contributed by atoms with Gasteiger partial charge in [-0.3, -0.25) is 0 Å². The lowest BCUT2D eigenvalue weighted by Crippen LogP contribution is -2.26. The molecule has 0 aromatic rings. The van der Waals surface area contributed by atoms with Crippen LogP contribution in [-0.2, 0) is 4.18 Å². The third-order valence-electron chi connectivity index (χ3n) is 6.08. The standard InChI is InChI=1S/C19H34OS2/c1-2-3-4-5-16-6-10-18(11-7-16)19-12-8-17(9-13-19)14-22-20-15-21/h15-19H,2-14H2,1H3. The monoisotopic (exact) mass is 342 g/mol. The van der Waals surface area contributed by atoms with Gasteiger partial charge in [0.15, 0.2) is 5.55 Å². The molecule has 0 aromatic heterocycles. The minimum Gasteiger partial charge on any atom is -0.422 e. The van der Waals surface area contributed by atoms with Gasteiger partial charge in [-0.15, -0.1) is 0 Å². The SMILES string of the molecule is CCCCCC1CCC(C2CCC(CSOC=S)CC2)CC1. The van der Waals surface area contributed by atoms with Gasteiger partial charge in [0.2, 0.25) is 0 Å².